The summed E-state index contributed by atoms with van der Waals surface area (Å²) < 4.78 is 0. The third-order valence-electron chi connectivity index (χ3n) is 2.55. The van der Waals surface area contributed by atoms with Crippen LogP contribution in [0.4, 0.5) is 5.82 Å². The quantitative estimate of drug-likeness (QED) is 0.842. The molecule has 1 heterocycles. The van der Waals surface area contributed by atoms with E-state index >= 15 is 0 Å². The molecule has 0 saturated heterocycles. The van der Waals surface area contributed by atoms with E-state index in [-0.39, 0.29) is 10.6 Å². The van der Waals surface area contributed by atoms with E-state index in [2.05, 4.69) is 22.1 Å². The lowest BCUT2D eigenvalue weighted by Crippen LogP contribution is -2.31. The van der Waals surface area contributed by atoms with Crippen molar-refractivity contribution in [2.75, 3.05) is 26.0 Å². The molecule has 0 aliphatic carbocycles. The van der Waals surface area contributed by atoms with E-state index in [9.17, 15) is 4.79 Å². The molecule has 0 aliphatic rings. The summed E-state index contributed by atoms with van der Waals surface area (Å²) in [5.74, 6) is -0.540. The number of halogens is 1. The summed E-state index contributed by atoms with van der Waals surface area (Å²) in [6.07, 6.45) is 1.34. The molecular formula is C11H16ClN3O2. The lowest BCUT2D eigenvalue weighted by Gasteiger charge is -2.20. The number of hydrogen-bond donors (Lipinski definition) is 2. The second kappa shape index (κ2) is 5.84. The van der Waals surface area contributed by atoms with Crippen molar-refractivity contribution >= 4 is 23.4 Å². The number of carboxylic acid groups (broad SMARTS) is 1. The van der Waals surface area contributed by atoms with E-state index in [4.69, 9.17) is 16.7 Å². The second-order valence-electron chi connectivity index (χ2n) is 4.05. The van der Waals surface area contributed by atoms with Gasteiger partial charge >= 0.3 is 5.97 Å². The van der Waals surface area contributed by atoms with Crippen LogP contribution in [-0.4, -0.2) is 47.6 Å². The van der Waals surface area contributed by atoms with Crippen molar-refractivity contribution in [2.24, 2.45) is 0 Å². The van der Waals surface area contributed by atoms with E-state index in [1.54, 1.807) is 0 Å². The number of nitrogens with zero attached hydrogens (tertiary/aromatic N) is 2. The number of hydrogen-bond acceptors (Lipinski definition) is 4. The maximum absolute atomic E-state index is 10.9. The van der Waals surface area contributed by atoms with Gasteiger partial charge in [0.2, 0.25) is 0 Å². The van der Waals surface area contributed by atoms with E-state index < -0.39 is 5.97 Å². The van der Waals surface area contributed by atoms with Gasteiger partial charge in [-0.3, -0.25) is 0 Å². The molecule has 94 valence electrons. The number of nitrogens with one attached hydrogen (secondary N) is 1. The lowest BCUT2D eigenvalue weighted by atomic mass is 10.2. The zero-order chi connectivity index (χ0) is 13.0. The van der Waals surface area contributed by atoms with Gasteiger partial charge in [-0.05, 0) is 27.1 Å². The summed E-state index contributed by atoms with van der Waals surface area (Å²) in [4.78, 5) is 17.0. The normalized spacial score (nSPS) is 12.5. The first-order valence-electron chi connectivity index (χ1n) is 5.21. The van der Waals surface area contributed by atoms with Gasteiger partial charge in [0.25, 0.3) is 0 Å². The van der Waals surface area contributed by atoms with Crippen molar-refractivity contribution in [2.45, 2.75) is 13.0 Å². The molecule has 0 radical (unpaired) electrons. The van der Waals surface area contributed by atoms with Crippen LogP contribution in [0, 0.1) is 0 Å². The highest BCUT2D eigenvalue weighted by molar-refractivity contribution is 6.33. The van der Waals surface area contributed by atoms with Crippen LogP contribution in [-0.2, 0) is 0 Å². The first kappa shape index (κ1) is 13.7. The van der Waals surface area contributed by atoms with Gasteiger partial charge in [0.15, 0.2) is 0 Å². The van der Waals surface area contributed by atoms with Gasteiger partial charge in [-0.25, -0.2) is 9.78 Å². The van der Waals surface area contributed by atoms with Gasteiger partial charge in [0, 0.05) is 18.8 Å². The molecule has 0 fully saturated rings. The van der Waals surface area contributed by atoms with Crippen molar-refractivity contribution < 1.29 is 9.90 Å². The predicted molar refractivity (Wildman–Crippen MR) is 67.8 cm³/mol. The fourth-order valence-corrected chi connectivity index (χ4v) is 1.32. The number of anilines is 1. The SMILES string of the molecule is CC(CNc1cc(C(=O)O)c(Cl)cn1)N(C)C. The number of rotatable bonds is 5. The molecule has 0 saturated carbocycles. The predicted octanol–water partition coefficient (Wildman–Crippen LogP) is 1.80. The number of carbonyl (C=O) groups is 1. The zero-order valence-electron chi connectivity index (χ0n) is 10.1. The summed E-state index contributed by atoms with van der Waals surface area (Å²) in [7, 11) is 3.95. The maximum Gasteiger partial charge on any atom is 0.337 e. The van der Waals surface area contributed by atoms with Gasteiger partial charge in [0.1, 0.15) is 5.82 Å². The highest BCUT2D eigenvalue weighted by Gasteiger charge is 2.11. The highest BCUT2D eigenvalue weighted by atomic mass is 35.5. The number of likely N-dealkylation sites (N-methyl/N-ethyl adjacent to an activating group) is 1. The van der Waals surface area contributed by atoms with Crippen molar-refractivity contribution in [3.63, 3.8) is 0 Å². The Morgan fingerprint density at radius 1 is 1.65 bits per heavy atom. The Morgan fingerprint density at radius 2 is 2.29 bits per heavy atom. The van der Waals surface area contributed by atoms with E-state index in [0.29, 0.717) is 18.4 Å². The molecule has 0 aromatic carbocycles. The van der Waals surface area contributed by atoms with E-state index in [0.717, 1.165) is 0 Å². The Hall–Kier alpha value is -1.33. The molecule has 0 amide bonds. The van der Waals surface area contributed by atoms with Crippen molar-refractivity contribution in [3.05, 3.63) is 22.8 Å². The summed E-state index contributed by atoms with van der Waals surface area (Å²) in [6, 6.07) is 1.76. The van der Waals surface area contributed by atoms with E-state index in [1.165, 1.54) is 12.3 Å². The Kier molecular flexibility index (Phi) is 4.72. The fraction of sp³-hybridized carbons (Fsp3) is 0.455. The first-order valence-corrected chi connectivity index (χ1v) is 5.58. The molecule has 5 nitrogen and oxygen atoms in total. The molecule has 1 aromatic rings. The zero-order valence-corrected chi connectivity index (χ0v) is 10.8. The Morgan fingerprint density at radius 3 is 2.82 bits per heavy atom. The van der Waals surface area contributed by atoms with Crippen molar-refractivity contribution in [1.29, 1.82) is 0 Å². The lowest BCUT2D eigenvalue weighted by molar-refractivity contribution is 0.0697. The third-order valence-corrected chi connectivity index (χ3v) is 2.85. The summed E-state index contributed by atoms with van der Waals surface area (Å²) in [5, 5.41) is 12.1. The Balaban J connectivity index is 2.73. The van der Waals surface area contributed by atoms with Gasteiger partial charge in [-0.2, -0.15) is 0 Å². The fourth-order valence-electron chi connectivity index (χ4n) is 1.13. The summed E-state index contributed by atoms with van der Waals surface area (Å²) >= 11 is 5.73. The van der Waals surface area contributed by atoms with E-state index in [1.807, 2.05) is 14.1 Å². The standard InChI is InChI=1S/C11H16ClN3O2/c1-7(15(2)3)5-13-10-4-8(11(16)17)9(12)6-14-10/h4,6-7H,5H2,1-3H3,(H,13,14)(H,16,17). The molecule has 1 aromatic heterocycles. The van der Waals surface area contributed by atoms with Gasteiger partial charge in [-0.15, -0.1) is 0 Å². The van der Waals surface area contributed by atoms with Gasteiger partial charge in [0.05, 0.1) is 10.6 Å². The van der Waals surface area contributed by atoms with Crippen LogP contribution < -0.4 is 5.32 Å². The molecule has 6 heteroatoms. The van der Waals surface area contributed by atoms with Crippen LogP contribution in [0.3, 0.4) is 0 Å². The Labute approximate surface area is 105 Å². The molecule has 1 atom stereocenters. The molecule has 17 heavy (non-hydrogen) atoms. The van der Waals surface area contributed by atoms with Crippen molar-refractivity contribution in [1.82, 2.24) is 9.88 Å². The molecule has 0 spiro atoms. The molecular weight excluding hydrogens is 242 g/mol. The summed E-state index contributed by atoms with van der Waals surface area (Å²) in [6.45, 7) is 2.74. The number of carboxylic acids is 1. The van der Waals surface area contributed by atoms with Gasteiger partial charge < -0.3 is 15.3 Å². The number of pyridine rings is 1. The molecule has 0 aliphatic heterocycles. The molecule has 1 unspecified atom stereocenters. The number of aromatic carboxylic acids is 1. The molecule has 0 bridgehead atoms. The van der Waals surface area contributed by atoms with Crippen LogP contribution in [0.1, 0.15) is 17.3 Å². The minimum absolute atomic E-state index is 0.0571. The monoisotopic (exact) mass is 257 g/mol. The second-order valence-corrected chi connectivity index (χ2v) is 4.46. The smallest absolute Gasteiger partial charge is 0.337 e. The third kappa shape index (κ3) is 3.87. The average Bonchev–Trinajstić information content (AvgIpc) is 2.26. The highest BCUT2D eigenvalue weighted by Crippen LogP contribution is 2.17. The molecule has 1 rings (SSSR count). The topological polar surface area (TPSA) is 65.5 Å². The number of aromatic nitrogens is 1. The van der Waals surface area contributed by atoms with Crippen LogP contribution in [0.2, 0.25) is 5.02 Å². The van der Waals surface area contributed by atoms with Crippen molar-refractivity contribution in [3.8, 4) is 0 Å². The Bertz CT molecular complexity index is 410. The summed E-state index contributed by atoms with van der Waals surface area (Å²) in [5.41, 5.74) is 0.0571. The average molecular weight is 258 g/mol. The minimum atomic E-state index is -1.05. The van der Waals surface area contributed by atoms with Crippen LogP contribution in [0.25, 0.3) is 0 Å². The van der Waals surface area contributed by atoms with Crippen LogP contribution >= 0.6 is 11.6 Å². The minimum Gasteiger partial charge on any atom is -0.478 e. The first-order chi connectivity index (χ1) is 7.91. The molecule has 2 N–H and O–H groups in total. The van der Waals surface area contributed by atoms with Gasteiger partial charge in [-0.1, -0.05) is 11.6 Å². The van der Waals surface area contributed by atoms with Crippen LogP contribution in [0.5, 0.6) is 0 Å². The van der Waals surface area contributed by atoms with Crippen LogP contribution in [0.15, 0.2) is 12.3 Å². The largest absolute Gasteiger partial charge is 0.478 e. The maximum atomic E-state index is 10.9.